The van der Waals surface area contributed by atoms with E-state index >= 15 is 0 Å². The highest BCUT2D eigenvalue weighted by molar-refractivity contribution is 7.89. The van der Waals surface area contributed by atoms with Gasteiger partial charge in [0.1, 0.15) is 5.75 Å². The van der Waals surface area contributed by atoms with Crippen LogP contribution in [-0.4, -0.2) is 20.1 Å². The van der Waals surface area contributed by atoms with Crippen LogP contribution >= 0.6 is 0 Å². The molecule has 0 unspecified atom stereocenters. The molecule has 0 bridgehead atoms. The summed E-state index contributed by atoms with van der Waals surface area (Å²) in [7, 11) is -3.49. The van der Waals surface area contributed by atoms with Crippen LogP contribution in [0.5, 0.6) is 5.75 Å². The Hall–Kier alpha value is -1.85. The first-order valence-corrected chi connectivity index (χ1v) is 8.21. The van der Waals surface area contributed by atoms with Crippen molar-refractivity contribution in [1.29, 1.82) is 0 Å². The van der Waals surface area contributed by atoms with Crippen LogP contribution in [0.1, 0.15) is 16.7 Å². The van der Waals surface area contributed by atoms with Crippen LogP contribution in [0.3, 0.4) is 0 Å². The Morgan fingerprint density at radius 2 is 1.71 bits per heavy atom. The third kappa shape index (κ3) is 4.06. The van der Waals surface area contributed by atoms with Crippen LogP contribution in [-0.2, 0) is 16.4 Å². The molecule has 0 fully saturated rings. The fourth-order valence-corrected chi connectivity index (χ4v) is 3.43. The number of hydrogen-bond donors (Lipinski definition) is 2. The summed E-state index contributed by atoms with van der Waals surface area (Å²) in [5.74, 6) is 0.203. The second kappa shape index (κ2) is 6.28. The predicted octanol–water partition coefficient (Wildman–Crippen LogP) is 2.53. The Morgan fingerprint density at radius 1 is 1.05 bits per heavy atom. The smallest absolute Gasteiger partial charge is 0.240 e. The molecule has 5 heteroatoms. The Morgan fingerprint density at radius 3 is 2.38 bits per heavy atom. The highest BCUT2D eigenvalue weighted by Crippen LogP contribution is 2.16. The van der Waals surface area contributed by atoms with Crippen molar-refractivity contribution in [2.45, 2.75) is 25.2 Å². The maximum atomic E-state index is 12.3. The molecule has 112 valence electrons. The number of rotatable bonds is 5. The average Bonchev–Trinajstić information content (AvgIpc) is 2.43. The molecule has 0 heterocycles. The third-order valence-electron chi connectivity index (χ3n) is 3.28. The Balaban J connectivity index is 2.04. The SMILES string of the molecule is Cc1ccc(C)c(S(=O)(=O)NCCc2ccc(O)cc2)c1. The van der Waals surface area contributed by atoms with Crippen LogP contribution in [0.2, 0.25) is 0 Å². The van der Waals surface area contributed by atoms with Gasteiger partial charge >= 0.3 is 0 Å². The summed E-state index contributed by atoms with van der Waals surface area (Å²) in [5, 5.41) is 9.21. The predicted molar refractivity (Wildman–Crippen MR) is 82.9 cm³/mol. The molecule has 4 nitrogen and oxygen atoms in total. The lowest BCUT2D eigenvalue weighted by atomic mass is 10.1. The molecule has 0 saturated heterocycles. The molecule has 2 N–H and O–H groups in total. The summed E-state index contributed by atoms with van der Waals surface area (Å²) in [6, 6.07) is 12.1. The number of hydrogen-bond acceptors (Lipinski definition) is 3. The monoisotopic (exact) mass is 305 g/mol. The summed E-state index contributed by atoms with van der Waals surface area (Å²) < 4.78 is 27.2. The van der Waals surface area contributed by atoms with Gasteiger partial charge in [-0.05, 0) is 55.2 Å². The number of benzene rings is 2. The number of sulfonamides is 1. The van der Waals surface area contributed by atoms with Gasteiger partial charge in [0, 0.05) is 6.54 Å². The molecule has 0 aliphatic heterocycles. The molecule has 21 heavy (non-hydrogen) atoms. The lowest BCUT2D eigenvalue weighted by molar-refractivity contribution is 0.475. The normalized spacial score (nSPS) is 11.5. The minimum absolute atomic E-state index is 0.203. The van der Waals surface area contributed by atoms with E-state index in [1.165, 1.54) is 0 Å². The van der Waals surface area contributed by atoms with E-state index in [2.05, 4.69) is 4.72 Å². The average molecular weight is 305 g/mol. The highest BCUT2D eigenvalue weighted by Gasteiger charge is 2.16. The lowest BCUT2D eigenvalue weighted by Gasteiger charge is -2.10. The minimum Gasteiger partial charge on any atom is -0.508 e. The minimum atomic E-state index is -3.49. The first-order chi connectivity index (χ1) is 9.88. The van der Waals surface area contributed by atoms with Crippen molar-refractivity contribution in [3.63, 3.8) is 0 Å². The quantitative estimate of drug-likeness (QED) is 0.892. The van der Waals surface area contributed by atoms with Gasteiger partial charge in [-0.2, -0.15) is 0 Å². The van der Waals surface area contributed by atoms with E-state index in [4.69, 9.17) is 0 Å². The molecule has 0 aliphatic rings. The van der Waals surface area contributed by atoms with Crippen LogP contribution < -0.4 is 4.72 Å². The molecular formula is C16H19NO3S. The molecule has 0 saturated carbocycles. The van der Waals surface area contributed by atoms with Crippen molar-refractivity contribution < 1.29 is 13.5 Å². The standard InChI is InChI=1S/C16H19NO3S/c1-12-3-4-13(2)16(11-12)21(19,20)17-10-9-14-5-7-15(18)8-6-14/h3-8,11,17-18H,9-10H2,1-2H3. The Bertz CT molecular complexity index is 722. The van der Waals surface area contributed by atoms with Gasteiger partial charge in [-0.3, -0.25) is 0 Å². The van der Waals surface area contributed by atoms with Gasteiger partial charge in [-0.25, -0.2) is 13.1 Å². The summed E-state index contributed by atoms with van der Waals surface area (Å²) in [6.45, 7) is 3.98. The summed E-state index contributed by atoms with van der Waals surface area (Å²) in [6.07, 6.45) is 0.574. The van der Waals surface area contributed by atoms with E-state index in [1.54, 1.807) is 37.3 Å². The van der Waals surface area contributed by atoms with Crippen molar-refractivity contribution in [2.75, 3.05) is 6.54 Å². The van der Waals surface area contributed by atoms with E-state index in [1.807, 2.05) is 19.1 Å². The molecule has 2 aromatic carbocycles. The van der Waals surface area contributed by atoms with Crippen molar-refractivity contribution in [3.8, 4) is 5.75 Å². The Kier molecular flexibility index (Phi) is 4.65. The maximum Gasteiger partial charge on any atom is 0.240 e. The third-order valence-corrected chi connectivity index (χ3v) is 4.88. The Labute approximate surface area is 125 Å². The molecule has 0 aromatic heterocycles. The molecule has 2 rings (SSSR count). The topological polar surface area (TPSA) is 66.4 Å². The van der Waals surface area contributed by atoms with Gasteiger partial charge in [-0.1, -0.05) is 24.3 Å². The maximum absolute atomic E-state index is 12.3. The van der Waals surface area contributed by atoms with Crippen LogP contribution in [0.15, 0.2) is 47.4 Å². The largest absolute Gasteiger partial charge is 0.508 e. The number of phenolic OH excluding ortho intramolecular Hbond substituents is 1. The lowest BCUT2D eigenvalue weighted by Crippen LogP contribution is -2.26. The first kappa shape index (κ1) is 15.5. The molecule has 0 amide bonds. The zero-order valence-electron chi connectivity index (χ0n) is 12.1. The van der Waals surface area contributed by atoms with E-state index in [0.29, 0.717) is 17.9 Å². The number of phenols is 1. The fourth-order valence-electron chi connectivity index (χ4n) is 2.07. The molecule has 2 aromatic rings. The van der Waals surface area contributed by atoms with Gasteiger partial charge in [0.2, 0.25) is 10.0 Å². The van der Waals surface area contributed by atoms with E-state index in [0.717, 1.165) is 16.7 Å². The van der Waals surface area contributed by atoms with E-state index < -0.39 is 10.0 Å². The van der Waals surface area contributed by atoms with Gasteiger partial charge in [0.05, 0.1) is 4.90 Å². The van der Waals surface area contributed by atoms with Crippen molar-refractivity contribution in [2.24, 2.45) is 0 Å². The van der Waals surface area contributed by atoms with Crippen molar-refractivity contribution in [1.82, 2.24) is 4.72 Å². The van der Waals surface area contributed by atoms with Crippen molar-refractivity contribution >= 4 is 10.0 Å². The summed E-state index contributed by atoms with van der Waals surface area (Å²) in [4.78, 5) is 0.327. The van der Waals surface area contributed by atoms with Gasteiger partial charge in [0.15, 0.2) is 0 Å². The number of nitrogens with one attached hydrogen (secondary N) is 1. The molecule has 0 spiro atoms. The van der Waals surface area contributed by atoms with E-state index in [9.17, 15) is 13.5 Å². The second-order valence-electron chi connectivity index (χ2n) is 5.08. The number of aromatic hydroxyl groups is 1. The first-order valence-electron chi connectivity index (χ1n) is 6.73. The zero-order chi connectivity index (χ0) is 15.5. The van der Waals surface area contributed by atoms with Gasteiger partial charge in [0.25, 0.3) is 0 Å². The summed E-state index contributed by atoms with van der Waals surface area (Å²) >= 11 is 0. The molecule has 0 radical (unpaired) electrons. The highest BCUT2D eigenvalue weighted by atomic mass is 32.2. The molecule has 0 atom stereocenters. The van der Waals surface area contributed by atoms with Crippen LogP contribution in [0.4, 0.5) is 0 Å². The molecular weight excluding hydrogens is 286 g/mol. The van der Waals surface area contributed by atoms with Gasteiger partial charge < -0.3 is 5.11 Å². The van der Waals surface area contributed by atoms with Crippen LogP contribution in [0, 0.1) is 13.8 Å². The zero-order valence-corrected chi connectivity index (χ0v) is 12.9. The summed E-state index contributed by atoms with van der Waals surface area (Å²) in [5.41, 5.74) is 2.62. The van der Waals surface area contributed by atoms with Gasteiger partial charge in [-0.15, -0.1) is 0 Å². The van der Waals surface area contributed by atoms with Crippen molar-refractivity contribution in [3.05, 3.63) is 59.2 Å². The van der Waals surface area contributed by atoms with Crippen LogP contribution in [0.25, 0.3) is 0 Å². The number of aryl methyl sites for hydroxylation is 2. The molecule has 0 aliphatic carbocycles. The second-order valence-corrected chi connectivity index (χ2v) is 6.82. The van der Waals surface area contributed by atoms with E-state index in [-0.39, 0.29) is 5.75 Å². The fraction of sp³-hybridized carbons (Fsp3) is 0.250.